The molecule has 0 aliphatic heterocycles. The van der Waals surface area contributed by atoms with Gasteiger partial charge in [0.05, 0.1) is 12.3 Å². The molecule has 0 atom stereocenters. The summed E-state index contributed by atoms with van der Waals surface area (Å²) in [6.07, 6.45) is 1.87. The lowest BCUT2D eigenvalue weighted by atomic mass is 10.3. The number of aryl methyl sites for hydroxylation is 1. The van der Waals surface area contributed by atoms with Crippen molar-refractivity contribution in [1.29, 1.82) is 0 Å². The predicted molar refractivity (Wildman–Crippen MR) is 52.6 cm³/mol. The van der Waals surface area contributed by atoms with Gasteiger partial charge in [-0.2, -0.15) is 0 Å². The molecule has 4 heteroatoms. The zero-order valence-electron chi connectivity index (χ0n) is 7.24. The van der Waals surface area contributed by atoms with E-state index >= 15 is 0 Å². The number of nitrogens with zero attached hydrogens (tertiary/aromatic N) is 1. The lowest BCUT2D eigenvalue weighted by Gasteiger charge is -1.91. The highest BCUT2D eigenvalue weighted by Gasteiger charge is 2.08. The van der Waals surface area contributed by atoms with Crippen LogP contribution in [0.25, 0.3) is 11.4 Å². The smallest absolute Gasteiger partial charge is 0.119 e. The Labute approximate surface area is 80.1 Å². The Balaban J connectivity index is 2.46. The topological polar surface area (TPSA) is 48.9 Å². The molecule has 0 aromatic carbocycles. The van der Waals surface area contributed by atoms with Crippen LogP contribution in [0, 0.1) is 6.92 Å². The van der Waals surface area contributed by atoms with E-state index in [4.69, 9.17) is 5.11 Å². The van der Waals surface area contributed by atoms with Crippen LogP contribution in [-0.2, 0) is 6.61 Å². The molecular weight excluding hydrogens is 184 g/mol. The number of aliphatic hydroxyl groups is 1. The zero-order valence-corrected chi connectivity index (χ0v) is 8.06. The SMILES string of the molecule is Cc1sc(CO)nc1-c1ccc[nH]1. The Morgan fingerprint density at radius 1 is 1.62 bits per heavy atom. The highest BCUT2D eigenvalue weighted by atomic mass is 32.1. The van der Waals surface area contributed by atoms with Gasteiger partial charge in [-0.1, -0.05) is 0 Å². The maximum absolute atomic E-state index is 8.91. The second kappa shape index (κ2) is 3.32. The molecule has 0 fully saturated rings. The molecule has 0 saturated heterocycles. The van der Waals surface area contributed by atoms with Crippen molar-refractivity contribution >= 4 is 11.3 Å². The van der Waals surface area contributed by atoms with Gasteiger partial charge in [0, 0.05) is 11.1 Å². The highest BCUT2D eigenvalue weighted by Crippen LogP contribution is 2.25. The van der Waals surface area contributed by atoms with Crippen LogP contribution in [0.15, 0.2) is 18.3 Å². The van der Waals surface area contributed by atoms with Crippen molar-refractivity contribution in [2.45, 2.75) is 13.5 Å². The molecule has 0 saturated carbocycles. The lowest BCUT2D eigenvalue weighted by molar-refractivity contribution is 0.281. The fourth-order valence-electron chi connectivity index (χ4n) is 1.25. The maximum atomic E-state index is 8.91. The van der Waals surface area contributed by atoms with Crippen molar-refractivity contribution in [3.8, 4) is 11.4 Å². The van der Waals surface area contributed by atoms with Crippen molar-refractivity contribution in [3.05, 3.63) is 28.2 Å². The van der Waals surface area contributed by atoms with Gasteiger partial charge in [0.2, 0.25) is 0 Å². The number of aliphatic hydroxyl groups excluding tert-OH is 1. The summed E-state index contributed by atoms with van der Waals surface area (Å²) >= 11 is 1.53. The number of rotatable bonds is 2. The molecule has 0 bridgehead atoms. The van der Waals surface area contributed by atoms with Crippen LogP contribution in [0.2, 0.25) is 0 Å². The van der Waals surface area contributed by atoms with E-state index in [-0.39, 0.29) is 6.61 Å². The van der Waals surface area contributed by atoms with Crippen molar-refractivity contribution in [2.75, 3.05) is 0 Å². The minimum atomic E-state index is 0.0201. The summed E-state index contributed by atoms with van der Waals surface area (Å²) in [5.41, 5.74) is 1.95. The summed E-state index contributed by atoms with van der Waals surface area (Å²) in [6, 6.07) is 3.91. The number of aromatic nitrogens is 2. The van der Waals surface area contributed by atoms with E-state index in [9.17, 15) is 0 Å². The van der Waals surface area contributed by atoms with E-state index in [1.165, 1.54) is 11.3 Å². The number of hydrogen-bond donors (Lipinski definition) is 2. The first kappa shape index (κ1) is 8.47. The Hall–Kier alpha value is -1.13. The number of hydrogen-bond acceptors (Lipinski definition) is 3. The Morgan fingerprint density at radius 2 is 2.46 bits per heavy atom. The quantitative estimate of drug-likeness (QED) is 0.767. The second-order valence-electron chi connectivity index (χ2n) is 2.75. The summed E-state index contributed by atoms with van der Waals surface area (Å²) in [5, 5.41) is 9.68. The molecule has 0 aliphatic rings. The molecule has 68 valence electrons. The molecule has 0 amide bonds. The number of thiazole rings is 1. The molecule has 3 nitrogen and oxygen atoms in total. The average Bonchev–Trinajstić information content (AvgIpc) is 2.72. The molecule has 0 aliphatic carbocycles. The standard InChI is InChI=1S/C9H10N2OS/c1-6-9(7-3-2-4-10-7)11-8(5-12)13-6/h2-4,10,12H,5H2,1H3. The van der Waals surface area contributed by atoms with Crippen LogP contribution < -0.4 is 0 Å². The van der Waals surface area contributed by atoms with Gasteiger partial charge < -0.3 is 10.1 Å². The Kier molecular flexibility index (Phi) is 2.16. The van der Waals surface area contributed by atoms with Gasteiger partial charge in [-0.25, -0.2) is 4.98 Å². The number of H-pyrrole nitrogens is 1. The van der Waals surface area contributed by atoms with E-state index in [1.807, 2.05) is 25.3 Å². The molecule has 2 heterocycles. The van der Waals surface area contributed by atoms with Gasteiger partial charge >= 0.3 is 0 Å². The van der Waals surface area contributed by atoms with Crippen LogP contribution in [0.5, 0.6) is 0 Å². The first-order valence-electron chi connectivity index (χ1n) is 4.02. The van der Waals surface area contributed by atoms with Crippen molar-refractivity contribution in [1.82, 2.24) is 9.97 Å². The van der Waals surface area contributed by atoms with E-state index in [0.29, 0.717) is 0 Å². The summed E-state index contributed by atoms with van der Waals surface area (Å²) < 4.78 is 0. The third kappa shape index (κ3) is 1.50. The first-order chi connectivity index (χ1) is 6.31. The van der Waals surface area contributed by atoms with Crippen LogP contribution in [0.4, 0.5) is 0 Å². The van der Waals surface area contributed by atoms with E-state index in [2.05, 4.69) is 9.97 Å². The predicted octanol–water partition coefficient (Wildman–Crippen LogP) is 1.94. The van der Waals surface area contributed by atoms with Crippen molar-refractivity contribution in [2.24, 2.45) is 0 Å². The van der Waals surface area contributed by atoms with Gasteiger partial charge in [-0.3, -0.25) is 0 Å². The second-order valence-corrected chi connectivity index (χ2v) is 4.04. The molecule has 0 spiro atoms. The van der Waals surface area contributed by atoms with Gasteiger partial charge in [0.25, 0.3) is 0 Å². The molecule has 13 heavy (non-hydrogen) atoms. The normalized spacial score (nSPS) is 10.6. The van der Waals surface area contributed by atoms with Gasteiger partial charge in [0.1, 0.15) is 10.7 Å². The van der Waals surface area contributed by atoms with Crippen molar-refractivity contribution in [3.63, 3.8) is 0 Å². The molecule has 2 aromatic rings. The molecule has 2 N–H and O–H groups in total. The van der Waals surface area contributed by atoms with Crippen LogP contribution in [-0.4, -0.2) is 15.1 Å². The van der Waals surface area contributed by atoms with Gasteiger partial charge in [-0.05, 0) is 19.1 Å². The fraction of sp³-hybridized carbons (Fsp3) is 0.222. The lowest BCUT2D eigenvalue weighted by Crippen LogP contribution is -1.82. The largest absolute Gasteiger partial charge is 0.389 e. The minimum Gasteiger partial charge on any atom is -0.389 e. The summed E-state index contributed by atoms with van der Waals surface area (Å²) in [5.74, 6) is 0. The minimum absolute atomic E-state index is 0.0201. The maximum Gasteiger partial charge on any atom is 0.119 e. The van der Waals surface area contributed by atoms with Crippen LogP contribution >= 0.6 is 11.3 Å². The molecular formula is C9H10N2OS. The van der Waals surface area contributed by atoms with E-state index in [0.717, 1.165) is 21.3 Å². The Bertz CT molecular complexity index is 392. The number of nitrogens with one attached hydrogen (secondary N) is 1. The summed E-state index contributed by atoms with van der Waals surface area (Å²) in [7, 11) is 0. The monoisotopic (exact) mass is 194 g/mol. The molecule has 0 radical (unpaired) electrons. The zero-order chi connectivity index (χ0) is 9.26. The Morgan fingerprint density at radius 3 is 3.00 bits per heavy atom. The van der Waals surface area contributed by atoms with Crippen LogP contribution in [0.1, 0.15) is 9.88 Å². The first-order valence-corrected chi connectivity index (χ1v) is 4.84. The molecule has 2 aromatic heterocycles. The summed E-state index contributed by atoms with van der Waals surface area (Å²) in [4.78, 5) is 8.53. The van der Waals surface area contributed by atoms with E-state index in [1.54, 1.807) is 0 Å². The number of aromatic amines is 1. The highest BCUT2D eigenvalue weighted by molar-refractivity contribution is 7.12. The third-order valence-electron chi connectivity index (χ3n) is 1.83. The average molecular weight is 194 g/mol. The fourth-order valence-corrected chi connectivity index (χ4v) is 2.05. The molecule has 2 rings (SSSR count). The summed E-state index contributed by atoms with van der Waals surface area (Å²) in [6.45, 7) is 2.03. The van der Waals surface area contributed by atoms with E-state index < -0.39 is 0 Å². The van der Waals surface area contributed by atoms with Crippen molar-refractivity contribution < 1.29 is 5.11 Å². The van der Waals surface area contributed by atoms with Gasteiger partial charge in [-0.15, -0.1) is 11.3 Å². The third-order valence-corrected chi connectivity index (χ3v) is 2.78. The van der Waals surface area contributed by atoms with Gasteiger partial charge in [0.15, 0.2) is 0 Å². The van der Waals surface area contributed by atoms with Crippen LogP contribution in [0.3, 0.4) is 0 Å². The molecule has 0 unspecified atom stereocenters.